The molecule has 7 heteroatoms. The molecule has 0 unspecified atom stereocenters. The maximum absolute atomic E-state index is 12.4. The van der Waals surface area contributed by atoms with Gasteiger partial charge >= 0.3 is 0 Å². The fourth-order valence-corrected chi connectivity index (χ4v) is 2.89. The van der Waals surface area contributed by atoms with Crippen molar-refractivity contribution in [3.8, 4) is 23.0 Å². The van der Waals surface area contributed by atoms with Gasteiger partial charge in [0, 0.05) is 16.8 Å². The second-order valence-electron chi connectivity index (χ2n) is 6.45. The standard InChI is InChI=1S/C21H18N2O5/c1-12(24)14-3-6-16(7-4-14)22-20(25)10-17-13(2)28-21(23-17)15-5-8-18-19(9-15)27-11-26-18/h3-9H,10-11H2,1-2H3,(H,22,25). The second kappa shape index (κ2) is 7.19. The number of carbonyl (C=O) groups excluding carboxylic acids is 2. The molecule has 7 nitrogen and oxygen atoms in total. The molecule has 4 rings (SSSR count). The van der Waals surface area contributed by atoms with Crippen LogP contribution in [0.3, 0.4) is 0 Å². The number of ketones is 1. The molecule has 0 bridgehead atoms. The summed E-state index contributed by atoms with van der Waals surface area (Å²) in [4.78, 5) is 28.1. The number of fused-ring (bicyclic) bond motifs is 1. The van der Waals surface area contributed by atoms with Gasteiger partial charge in [0.1, 0.15) is 5.76 Å². The number of aryl methyl sites for hydroxylation is 1. The molecule has 1 aromatic heterocycles. The first-order valence-electron chi connectivity index (χ1n) is 8.77. The Labute approximate surface area is 161 Å². The number of nitrogens with one attached hydrogen (secondary N) is 1. The third kappa shape index (κ3) is 3.59. The maximum Gasteiger partial charge on any atom is 0.231 e. The van der Waals surface area contributed by atoms with Gasteiger partial charge in [0.05, 0.1) is 12.1 Å². The van der Waals surface area contributed by atoms with Gasteiger partial charge in [-0.25, -0.2) is 4.98 Å². The normalized spacial score (nSPS) is 12.1. The maximum atomic E-state index is 12.4. The third-order valence-corrected chi connectivity index (χ3v) is 4.42. The van der Waals surface area contributed by atoms with Crippen molar-refractivity contribution in [2.45, 2.75) is 20.3 Å². The van der Waals surface area contributed by atoms with E-state index in [1.807, 2.05) is 6.07 Å². The molecule has 2 heterocycles. The fourth-order valence-electron chi connectivity index (χ4n) is 2.89. The molecule has 0 saturated carbocycles. The summed E-state index contributed by atoms with van der Waals surface area (Å²) in [5.74, 6) is 2.08. The van der Waals surface area contributed by atoms with Crippen LogP contribution in [-0.2, 0) is 11.2 Å². The van der Waals surface area contributed by atoms with Crippen LogP contribution < -0.4 is 14.8 Å². The van der Waals surface area contributed by atoms with E-state index in [-0.39, 0.29) is 24.9 Å². The molecule has 1 N–H and O–H groups in total. The molecule has 0 radical (unpaired) electrons. The molecule has 2 aromatic carbocycles. The number of oxazole rings is 1. The Morgan fingerprint density at radius 1 is 1.07 bits per heavy atom. The lowest BCUT2D eigenvalue weighted by Gasteiger charge is -2.05. The van der Waals surface area contributed by atoms with Crippen LogP contribution in [0.4, 0.5) is 5.69 Å². The van der Waals surface area contributed by atoms with Gasteiger partial charge in [-0.15, -0.1) is 0 Å². The summed E-state index contributed by atoms with van der Waals surface area (Å²) in [6.45, 7) is 3.47. The number of carbonyl (C=O) groups is 2. The van der Waals surface area contributed by atoms with Crippen LogP contribution >= 0.6 is 0 Å². The van der Waals surface area contributed by atoms with Crippen molar-refractivity contribution in [2.24, 2.45) is 0 Å². The topological polar surface area (TPSA) is 90.7 Å². The fraction of sp³-hybridized carbons (Fsp3) is 0.190. The first-order chi connectivity index (χ1) is 13.5. The summed E-state index contributed by atoms with van der Waals surface area (Å²) < 4.78 is 16.4. The summed E-state index contributed by atoms with van der Waals surface area (Å²) >= 11 is 0. The van der Waals surface area contributed by atoms with Crippen LogP contribution in [0.5, 0.6) is 11.5 Å². The van der Waals surface area contributed by atoms with Crippen molar-refractivity contribution >= 4 is 17.4 Å². The molecule has 0 spiro atoms. The van der Waals surface area contributed by atoms with Gasteiger partial charge in [0.2, 0.25) is 18.6 Å². The molecule has 0 fully saturated rings. The Morgan fingerprint density at radius 3 is 2.57 bits per heavy atom. The molecule has 142 valence electrons. The Balaban J connectivity index is 1.46. The zero-order valence-electron chi connectivity index (χ0n) is 15.4. The van der Waals surface area contributed by atoms with Gasteiger partial charge in [0.15, 0.2) is 17.3 Å². The number of hydrogen-bond donors (Lipinski definition) is 1. The molecule has 28 heavy (non-hydrogen) atoms. The quantitative estimate of drug-likeness (QED) is 0.680. The summed E-state index contributed by atoms with van der Waals surface area (Å²) in [5, 5.41) is 2.80. The number of anilines is 1. The van der Waals surface area contributed by atoms with Gasteiger partial charge in [-0.1, -0.05) is 0 Å². The predicted molar refractivity (Wildman–Crippen MR) is 102 cm³/mol. The minimum Gasteiger partial charge on any atom is -0.454 e. The van der Waals surface area contributed by atoms with Crippen LogP contribution in [0.15, 0.2) is 46.9 Å². The SMILES string of the molecule is CC(=O)c1ccc(NC(=O)Cc2nc(-c3ccc4c(c3)OCO4)oc2C)cc1. The number of rotatable bonds is 5. The highest BCUT2D eigenvalue weighted by Gasteiger charge is 2.18. The van der Waals surface area contributed by atoms with E-state index >= 15 is 0 Å². The molecular formula is C21H18N2O5. The van der Waals surface area contributed by atoms with Crippen molar-refractivity contribution in [1.29, 1.82) is 0 Å². The molecule has 0 saturated heterocycles. The van der Waals surface area contributed by atoms with E-state index in [2.05, 4.69) is 10.3 Å². The van der Waals surface area contributed by atoms with Crippen LogP contribution in [0.2, 0.25) is 0 Å². The largest absolute Gasteiger partial charge is 0.454 e. The molecule has 0 aliphatic carbocycles. The first kappa shape index (κ1) is 17.8. The van der Waals surface area contributed by atoms with Crippen molar-refractivity contribution in [1.82, 2.24) is 4.98 Å². The lowest BCUT2D eigenvalue weighted by atomic mass is 10.1. The number of hydrogen-bond acceptors (Lipinski definition) is 6. The molecule has 1 aliphatic rings. The molecular weight excluding hydrogens is 360 g/mol. The number of nitrogens with zero attached hydrogens (tertiary/aromatic N) is 1. The Hall–Kier alpha value is -3.61. The van der Waals surface area contributed by atoms with E-state index in [9.17, 15) is 9.59 Å². The predicted octanol–water partition coefficient (Wildman–Crippen LogP) is 3.76. The number of benzene rings is 2. The highest BCUT2D eigenvalue weighted by atomic mass is 16.7. The monoisotopic (exact) mass is 378 g/mol. The van der Waals surface area contributed by atoms with Crippen LogP contribution in [0, 0.1) is 6.92 Å². The van der Waals surface area contributed by atoms with Crippen LogP contribution in [-0.4, -0.2) is 23.5 Å². The van der Waals surface area contributed by atoms with Gasteiger partial charge in [-0.05, 0) is 56.3 Å². The Kier molecular flexibility index (Phi) is 4.57. The van der Waals surface area contributed by atoms with E-state index in [0.717, 1.165) is 5.56 Å². The average molecular weight is 378 g/mol. The van der Waals surface area contributed by atoms with E-state index < -0.39 is 0 Å². The molecule has 0 atom stereocenters. The molecule has 3 aromatic rings. The van der Waals surface area contributed by atoms with Crippen molar-refractivity contribution in [2.75, 3.05) is 12.1 Å². The number of Topliss-reactive ketones (excluding diaryl/α,β-unsaturated/α-hetero) is 1. The van der Waals surface area contributed by atoms with Crippen molar-refractivity contribution in [3.63, 3.8) is 0 Å². The minimum atomic E-state index is -0.218. The average Bonchev–Trinajstić information content (AvgIpc) is 3.28. The Morgan fingerprint density at radius 2 is 1.82 bits per heavy atom. The smallest absolute Gasteiger partial charge is 0.231 e. The summed E-state index contributed by atoms with van der Waals surface area (Å²) in [7, 11) is 0. The first-order valence-corrected chi connectivity index (χ1v) is 8.77. The van der Waals surface area contributed by atoms with Gasteiger partial charge in [0.25, 0.3) is 0 Å². The minimum absolute atomic E-state index is 0.0212. The number of aromatic nitrogens is 1. The van der Waals surface area contributed by atoms with E-state index in [1.54, 1.807) is 43.3 Å². The zero-order valence-corrected chi connectivity index (χ0v) is 15.4. The molecule has 1 aliphatic heterocycles. The number of ether oxygens (including phenoxy) is 2. The van der Waals surface area contributed by atoms with Crippen LogP contribution in [0.25, 0.3) is 11.5 Å². The van der Waals surface area contributed by atoms with Gasteiger partial charge in [-0.2, -0.15) is 0 Å². The van der Waals surface area contributed by atoms with E-state index in [4.69, 9.17) is 13.9 Å². The lowest BCUT2D eigenvalue weighted by molar-refractivity contribution is -0.115. The Bertz CT molecular complexity index is 1050. The third-order valence-electron chi connectivity index (χ3n) is 4.42. The summed E-state index contributed by atoms with van der Waals surface area (Å²) in [6, 6.07) is 12.2. The second-order valence-corrected chi connectivity index (χ2v) is 6.45. The van der Waals surface area contributed by atoms with Gasteiger partial charge in [-0.3, -0.25) is 9.59 Å². The highest BCUT2D eigenvalue weighted by Crippen LogP contribution is 2.36. The van der Waals surface area contributed by atoms with E-state index in [0.29, 0.717) is 40.1 Å². The lowest BCUT2D eigenvalue weighted by Crippen LogP contribution is -2.15. The van der Waals surface area contributed by atoms with Crippen molar-refractivity contribution < 1.29 is 23.5 Å². The van der Waals surface area contributed by atoms with Crippen molar-refractivity contribution in [3.05, 3.63) is 59.5 Å². The molecule has 1 amide bonds. The zero-order chi connectivity index (χ0) is 19.7. The highest BCUT2D eigenvalue weighted by molar-refractivity contribution is 5.96. The van der Waals surface area contributed by atoms with Gasteiger partial charge < -0.3 is 19.2 Å². The number of amides is 1. The van der Waals surface area contributed by atoms with Crippen LogP contribution in [0.1, 0.15) is 28.7 Å². The van der Waals surface area contributed by atoms with E-state index in [1.165, 1.54) is 6.92 Å². The summed E-state index contributed by atoms with van der Waals surface area (Å²) in [6.07, 6.45) is 0.0777. The summed E-state index contributed by atoms with van der Waals surface area (Å²) in [5.41, 5.74) is 2.52.